The zero-order chi connectivity index (χ0) is 32.4. The van der Waals surface area contributed by atoms with E-state index in [1.54, 1.807) is 5.46 Å². The number of aryl methyl sites for hydroxylation is 3. The molecule has 48 heavy (non-hydrogen) atoms. The normalized spacial score (nSPS) is 12.7. The Morgan fingerprint density at radius 2 is 0.750 bits per heavy atom. The summed E-state index contributed by atoms with van der Waals surface area (Å²) in [5, 5.41) is 0. The Hall–Kier alpha value is -5.40. The van der Waals surface area contributed by atoms with Gasteiger partial charge in [0.15, 0.2) is 0 Å². The molecule has 0 bridgehead atoms. The topological polar surface area (TPSA) is 0 Å². The standard InChI is InChI=1S/C47H37B/c1-30-14-15-39-26-42-27-40(37-20-16-35(17-21-37)33-10-6-4-7-11-33)24-31(2)45(42)48-46-32(3)25-41(28-43(46)29-44(30)47(39)48)38-22-18-36(19-23-38)34-12-8-5-9-13-34/h4-25,27-28H,26,29H2,1-3H3. The third-order valence-electron chi connectivity index (χ3n) is 10.9. The highest BCUT2D eigenvalue weighted by Crippen LogP contribution is 2.33. The SMILES string of the molecule is Cc1ccc2c3c1Cc1cc(-c4ccc(-c5ccccc5)cc4)cc(C)c1B3c1c(C)cc(-c3ccc(-c4ccccc4)cc3)cc1C2. The summed E-state index contributed by atoms with van der Waals surface area (Å²) >= 11 is 0. The van der Waals surface area contributed by atoms with Crippen molar-refractivity contribution in [1.29, 1.82) is 0 Å². The zero-order valence-electron chi connectivity index (χ0n) is 27.8. The number of fused-ring (bicyclic) bond motifs is 4. The quantitative estimate of drug-likeness (QED) is 0.174. The molecule has 0 fully saturated rings. The van der Waals surface area contributed by atoms with Gasteiger partial charge in [-0.2, -0.15) is 0 Å². The van der Waals surface area contributed by atoms with Gasteiger partial charge in [-0.15, -0.1) is 0 Å². The molecule has 0 nitrogen and oxygen atoms in total. The molecule has 9 rings (SSSR count). The van der Waals surface area contributed by atoms with E-state index in [0.29, 0.717) is 0 Å². The molecule has 2 aliphatic rings. The van der Waals surface area contributed by atoms with Crippen LogP contribution in [0.3, 0.4) is 0 Å². The zero-order valence-corrected chi connectivity index (χ0v) is 27.8. The van der Waals surface area contributed by atoms with Gasteiger partial charge in [-0.3, -0.25) is 0 Å². The lowest BCUT2D eigenvalue weighted by Gasteiger charge is -2.37. The maximum Gasteiger partial charge on any atom is 0.243 e. The monoisotopic (exact) mass is 612 g/mol. The van der Waals surface area contributed by atoms with Crippen LogP contribution >= 0.6 is 0 Å². The van der Waals surface area contributed by atoms with Crippen LogP contribution in [0.15, 0.2) is 146 Å². The third kappa shape index (κ3) is 4.77. The molecule has 0 saturated heterocycles. The molecule has 0 saturated carbocycles. The summed E-state index contributed by atoms with van der Waals surface area (Å²) < 4.78 is 0. The van der Waals surface area contributed by atoms with Gasteiger partial charge in [0.2, 0.25) is 6.71 Å². The Balaban J connectivity index is 1.13. The summed E-state index contributed by atoms with van der Waals surface area (Å²) in [6, 6.07) is 54.1. The molecule has 228 valence electrons. The van der Waals surface area contributed by atoms with Gasteiger partial charge in [0.05, 0.1) is 0 Å². The highest BCUT2D eigenvalue weighted by atomic mass is 14.3. The summed E-state index contributed by atoms with van der Waals surface area (Å²) in [6.45, 7) is 7.26. The molecule has 2 heterocycles. The fourth-order valence-electron chi connectivity index (χ4n) is 8.57. The van der Waals surface area contributed by atoms with Crippen LogP contribution in [0.2, 0.25) is 0 Å². The molecular formula is C47H37B. The van der Waals surface area contributed by atoms with E-state index in [1.807, 2.05) is 0 Å². The van der Waals surface area contributed by atoms with E-state index in [4.69, 9.17) is 0 Å². The molecule has 1 heteroatoms. The third-order valence-corrected chi connectivity index (χ3v) is 10.9. The first-order valence-corrected chi connectivity index (χ1v) is 17.2. The van der Waals surface area contributed by atoms with Crippen LogP contribution in [0, 0.1) is 20.8 Å². The fourth-order valence-corrected chi connectivity index (χ4v) is 8.57. The molecule has 0 N–H and O–H groups in total. The minimum absolute atomic E-state index is 0.270. The average Bonchev–Trinajstić information content (AvgIpc) is 3.13. The summed E-state index contributed by atoms with van der Waals surface area (Å²) in [4.78, 5) is 0. The highest BCUT2D eigenvalue weighted by molar-refractivity contribution is 6.98. The number of hydrogen-bond donors (Lipinski definition) is 0. The molecule has 0 aromatic heterocycles. The first kappa shape index (κ1) is 28.8. The van der Waals surface area contributed by atoms with E-state index < -0.39 is 0 Å². The van der Waals surface area contributed by atoms with E-state index in [0.717, 1.165) is 12.8 Å². The fraction of sp³-hybridized carbons (Fsp3) is 0.106. The molecule has 0 unspecified atom stereocenters. The largest absolute Gasteiger partial charge is 0.243 e. The van der Waals surface area contributed by atoms with E-state index in [1.165, 1.54) is 94.4 Å². The Kier molecular flexibility index (Phi) is 6.83. The lowest BCUT2D eigenvalue weighted by Crippen LogP contribution is -2.62. The molecule has 7 aromatic rings. The molecule has 0 amide bonds. The summed E-state index contributed by atoms with van der Waals surface area (Å²) in [6.07, 6.45) is 1.99. The van der Waals surface area contributed by atoms with Crippen molar-refractivity contribution in [2.75, 3.05) is 0 Å². The van der Waals surface area contributed by atoms with Gasteiger partial charge >= 0.3 is 0 Å². The second-order valence-corrected chi connectivity index (χ2v) is 13.8. The van der Waals surface area contributed by atoms with Gasteiger partial charge < -0.3 is 0 Å². The van der Waals surface area contributed by atoms with Gasteiger partial charge in [-0.05, 0) is 106 Å². The van der Waals surface area contributed by atoms with E-state index >= 15 is 0 Å². The van der Waals surface area contributed by atoms with Gasteiger partial charge in [0.25, 0.3) is 0 Å². The Bertz CT molecular complexity index is 2310. The van der Waals surface area contributed by atoms with Crippen LogP contribution < -0.4 is 16.4 Å². The summed E-state index contributed by atoms with van der Waals surface area (Å²) in [5.41, 5.74) is 25.0. The molecular weight excluding hydrogens is 575 g/mol. The van der Waals surface area contributed by atoms with Crippen molar-refractivity contribution in [3.8, 4) is 44.5 Å². The Morgan fingerprint density at radius 1 is 0.333 bits per heavy atom. The van der Waals surface area contributed by atoms with Gasteiger partial charge in [-0.25, -0.2) is 0 Å². The van der Waals surface area contributed by atoms with Crippen LogP contribution in [0.25, 0.3) is 44.5 Å². The molecule has 0 spiro atoms. The summed E-state index contributed by atoms with van der Waals surface area (Å²) in [5.74, 6) is 0. The number of hydrogen-bond acceptors (Lipinski definition) is 0. The van der Waals surface area contributed by atoms with Crippen molar-refractivity contribution < 1.29 is 0 Å². The molecule has 0 aliphatic carbocycles. The maximum atomic E-state index is 2.49. The van der Waals surface area contributed by atoms with Crippen LogP contribution in [-0.2, 0) is 12.8 Å². The van der Waals surface area contributed by atoms with Crippen LogP contribution in [0.4, 0.5) is 0 Å². The highest BCUT2D eigenvalue weighted by Gasteiger charge is 2.39. The van der Waals surface area contributed by atoms with Crippen molar-refractivity contribution in [2.24, 2.45) is 0 Å². The second-order valence-electron chi connectivity index (χ2n) is 13.8. The number of rotatable bonds is 4. The van der Waals surface area contributed by atoms with Crippen molar-refractivity contribution in [3.63, 3.8) is 0 Å². The molecule has 7 aromatic carbocycles. The lowest BCUT2D eigenvalue weighted by molar-refractivity contribution is 1.11. The van der Waals surface area contributed by atoms with E-state index in [-0.39, 0.29) is 6.71 Å². The van der Waals surface area contributed by atoms with Crippen molar-refractivity contribution in [3.05, 3.63) is 185 Å². The summed E-state index contributed by atoms with van der Waals surface area (Å²) in [7, 11) is 0. The Morgan fingerprint density at radius 3 is 1.23 bits per heavy atom. The van der Waals surface area contributed by atoms with E-state index in [2.05, 4.69) is 166 Å². The van der Waals surface area contributed by atoms with Gasteiger partial charge in [0, 0.05) is 0 Å². The van der Waals surface area contributed by atoms with E-state index in [9.17, 15) is 0 Å². The Labute approximate surface area is 284 Å². The van der Waals surface area contributed by atoms with Crippen LogP contribution in [0.5, 0.6) is 0 Å². The minimum Gasteiger partial charge on any atom is -0.0622 e. The predicted octanol–water partition coefficient (Wildman–Crippen LogP) is 9.60. The molecule has 0 atom stereocenters. The van der Waals surface area contributed by atoms with Crippen molar-refractivity contribution in [1.82, 2.24) is 0 Å². The first-order valence-electron chi connectivity index (χ1n) is 17.2. The van der Waals surface area contributed by atoms with Crippen molar-refractivity contribution >= 4 is 23.1 Å². The van der Waals surface area contributed by atoms with Crippen LogP contribution in [-0.4, -0.2) is 6.71 Å². The van der Waals surface area contributed by atoms with Gasteiger partial charge in [-0.1, -0.05) is 173 Å². The van der Waals surface area contributed by atoms with Crippen LogP contribution in [0.1, 0.15) is 38.9 Å². The van der Waals surface area contributed by atoms with Crippen molar-refractivity contribution in [2.45, 2.75) is 33.6 Å². The smallest absolute Gasteiger partial charge is 0.0622 e. The number of benzene rings is 7. The molecule has 0 radical (unpaired) electrons. The minimum atomic E-state index is 0.270. The maximum absolute atomic E-state index is 2.49. The van der Waals surface area contributed by atoms with Gasteiger partial charge in [0.1, 0.15) is 0 Å². The first-order chi connectivity index (χ1) is 23.5. The lowest BCUT2D eigenvalue weighted by atomic mass is 9.29. The molecule has 2 aliphatic heterocycles. The second kappa shape index (κ2) is 11.4. The average molecular weight is 613 g/mol. The predicted molar refractivity (Wildman–Crippen MR) is 206 cm³/mol.